The minimum absolute atomic E-state index is 0.129. The molecule has 0 unspecified atom stereocenters. The van der Waals surface area contributed by atoms with Gasteiger partial charge in [0, 0.05) is 27.1 Å². The van der Waals surface area contributed by atoms with Crippen molar-refractivity contribution in [2.75, 3.05) is 0 Å². The second kappa shape index (κ2) is 11.3. The van der Waals surface area contributed by atoms with Gasteiger partial charge in [0.05, 0.1) is 11.0 Å². The van der Waals surface area contributed by atoms with Crippen molar-refractivity contribution in [3.63, 3.8) is 0 Å². The Bertz CT molecular complexity index is 3550. The molecule has 0 bridgehead atoms. The third kappa shape index (κ3) is 4.31. The largest absolute Gasteiger partial charge is 0.456 e. The lowest BCUT2D eigenvalue weighted by molar-refractivity contribution is 0.669. The maximum atomic E-state index is 9.55. The normalized spacial score (nSPS) is 14.0. The van der Waals surface area contributed by atoms with Crippen molar-refractivity contribution in [1.29, 1.82) is 0 Å². The highest BCUT2D eigenvalue weighted by atomic mass is 16.3. The number of hydrogen-bond acceptors (Lipinski definition) is 2. The van der Waals surface area contributed by atoms with Crippen molar-refractivity contribution >= 4 is 65.4 Å². The molecule has 52 heavy (non-hydrogen) atoms. The number of benzene rings is 9. The monoisotopic (exact) mass is 670 g/mol. The molecule has 0 aliphatic heterocycles. The number of hydrogen-bond donors (Lipinski definition) is 0. The maximum absolute atomic E-state index is 9.55. The lowest BCUT2D eigenvalue weighted by Crippen LogP contribution is -1.92. The van der Waals surface area contributed by atoms with E-state index in [-0.39, 0.29) is 56.8 Å². The van der Waals surface area contributed by atoms with E-state index in [4.69, 9.17) is 14.3 Å². The Morgan fingerprint density at radius 3 is 1.58 bits per heavy atom. The predicted octanol–water partition coefficient (Wildman–Crippen LogP) is 14.5. The highest BCUT2D eigenvalue weighted by Crippen LogP contribution is 2.49. The van der Waals surface area contributed by atoms with Gasteiger partial charge in [0.25, 0.3) is 0 Å². The molecule has 0 atom stereocenters. The van der Waals surface area contributed by atoms with Crippen LogP contribution in [0.15, 0.2) is 191 Å². The molecule has 0 N–H and O–H groups in total. The molecule has 2 heterocycles. The summed E-state index contributed by atoms with van der Waals surface area (Å²) >= 11 is 0. The minimum atomic E-state index is -0.462. The number of furan rings is 2. The molecule has 0 aliphatic carbocycles. The van der Waals surface area contributed by atoms with Gasteiger partial charge >= 0.3 is 0 Å². The van der Waals surface area contributed by atoms with Gasteiger partial charge < -0.3 is 8.83 Å². The fourth-order valence-corrected chi connectivity index (χ4v) is 7.80. The summed E-state index contributed by atoms with van der Waals surface area (Å²) in [4.78, 5) is 0. The van der Waals surface area contributed by atoms with Crippen molar-refractivity contribution in [2.24, 2.45) is 0 Å². The summed E-state index contributed by atoms with van der Waals surface area (Å²) in [6, 6.07) is 39.6. The van der Waals surface area contributed by atoms with Gasteiger partial charge in [0.15, 0.2) is 0 Å². The Morgan fingerprint density at radius 2 is 0.865 bits per heavy atom. The van der Waals surface area contributed by atoms with Crippen molar-refractivity contribution in [2.45, 2.75) is 0 Å². The molecule has 9 aromatic carbocycles. The number of para-hydroxylation sites is 2. The second-order valence-electron chi connectivity index (χ2n) is 13.0. The van der Waals surface area contributed by atoms with Crippen molar-refractivity contribution < 1.29 is 19.8 Å². The molecule has 0 radical (unpaired) electrons. The van der Waals surface area contributed by atoms with Crippen LogP contribution in [0.5, 0.6) is 0 Å². The highest BCUT2D eigenvalue weighted by molar-refractivity contribution is 6.27. The Kier molecular flexibility index (Phi) is 4.79. The van der Waals surface area contributed by atoms with Crippen LogP contribution in [0.1, 0.15) is 11.0 Å². The van der Waals surface area contributed by atoms with Crippen molar-refractivity contribution in [3.8, 4) is 44.5 Å². The van der Waals surface area contributed by atoms with Gasteiger partial charge in [-0.25, -0.2) is 0 Å². The minimum Gasteiger partial charge on any atom is -0.456 e. The Balaban J connectivity index is 1.30. The molecule has 0 saturated carbocycles. The van der Waals surface area contributed by atoms with Crippen LogP contribution < -0.4 is 0 Å². The van der Waals surface area contributed by atoms with E-state index in [0.29, 0.717) is 38.8 Å². The molecule has 0 amide bonds. The summed E-state index contributed by atoms with van der Waals surface area (Å²) in [6.45, 7) is 0. The van der Waals surface area contributed by atoms with Gasteiger partial charge in [-0.2, -0.15) is 0 Å². The highest BCUT2D eigenvalue weighted by Gasteiger charge is 2.22. The molecule has 0 fully saturated rings. The van der Waals surface area contributed by atoms with Crippen LogP contribution in [0, 0.1) is 0 Å². The quantitative estimate of drug-likeness (QED) is 0.174. The molecule has 2 aromatic heterocycles. The SMILES string of the molecule is [2H]c1c([2H])c([2H])c2c(-c3ccc(-c4ccc(-c5ccccc5)cc4)c4oc5ccccc5c34)c3c([2H])c([2H])c([2H])c([2H])c3c(-c3ccc4c(c3)oc3ccccc34)c2c1[2H]. The number of rotatable bonds is 4. The van der Waals surface area contributed by atoms with E-state index in [9.17, 15) is 5.48 Å². The van der Waals surface area contributed by atoms with Crippen LogP contribution in [-0.2, 0) is 0 Å². The average Bonchev–Trinajstić information content (AvgIpc) is 3.86. The van der Waals surface area contributed by atoms with Crippen LogP contribution in [0.2, 0.25) is 0 Å². The van der Waals surface area contributed by atoms with Gasteiger partial charge in [0.2, 0.25) is 0 Å². The van der Waals surface area contributed by atoms with Crippen LogP contribution in [0.3, 0.4) is 0 Å². The summed E-state index contributed by atoms with van der Waals surface area (Å²) in [5.41, 5.74) is 7.64. The third-order valence-electron chi connectivity index (χ3n) is 10.1. The van der Waals surface area contributed by atoms with E-state index in [1.54, 1.807) is 6.07 Å². The van der Waals surface area contributed by atoms with Crippen LogP contribution in [0.25, 0.3) is 110 Å². The Hall–Kier alpha value is -6.90. The predicted molar refractivity (Wildman–Crippen MR) is 218 cm³/mol. The fraction of sp³-hybridized carbons (Fsp3) is 0. The van der Waals surface area contributed by atoms with E-state index >= 15 is 0 Å². The van der Waals surface area contributed by atoms with Crippen LogP contribution in [0.4, 0.5) is 0 Å². The van der Waals surface area contributed by atoms with Gasteiger partial charge in [0.1, 0.15) is 22.3 Å². The first-order valence-electron chi connectivity index (χ1n) is 21.1. The van der Waals surface area contributed by atoms with Crippen molar-refractivity contribution in [1.82, 2.24) is 0 Å². The van der Waals surface area contributed by atoms with Gasteiger partial charge in [-0.05, 0) is 90.8 Å². The molecule has 2 heteroatoms. The molecule has 11 aromatic rings. The van der Waals surface area contributed by atoms with Crippen LogP contribution in [-0.4, -0.2) is 0 Å². The van der Waals surface area contributed by atoms with Crippen LogP contribution >= 0.6 is 0 Å². The molecule has 11 rings (SSSR count). The smallest absolute Gasteiger partial charge is 0.143 e. The zero-order chi connectivity index (χ0) is 41.1. The van der Waals surface area contributed by atoms with E-state index in [1.165, 1.54) is 0 Å². The zero-order valence-corrected chi connectivity index (χ0v) is 27.5. The summed E-state index contributed by atoms with van der Waals surface area (Å²) in [7, 11) is 0. The number of fused-ring (bicyclic) bond motifs is 8. The molecule has 0 spiro atoms. The standard InChI is InChI=1S/C50H30O2/c1-2-12-31(13-3-1)32-22-24-33(25-23-32)35-28-29-43(49-42-19-9-11-21-45(42)52-50(35)49)48-40-17-6-4-15-38(40)47(39-16-5-7-18-41(39)48)34-26-27-37-36-14-8-10-20-44(36)51-46(37)30-34/h1-30H/i4D,5D,6D,7D,15D,16D,17D,18D. The van der Waals surface area contributed by atoms with E-state index in [2.05, 4.69) is 24.3 Å². The first-order valence-corrected chi connectivity index (χ1v) is 17.1. The lowest BCUT2D eigenvalue weighted by atomic mass is 9.84. The molecule has 242 valence electrons. The average molecular weight is 671 g/mol. The summed E-state index contributed by atoms with van der Waals surface area (Å²) in [6.07, 6.45) is 0. The Labute approximate surface area is 311 Å². The van der Waals surface area contributed by atoms with Gasteiger partial charge in [-0.15, -0.1) is 0 Å². The van der Waals surface area contributed by atoms with Crippen molar-refractivity contribution in [3.05, 3.63) is 182 Å². The summed E-state index contributed by atoms with van der Waals surface area (Å²) < 4.78 is 86.8. The topological polar surface area (TPSA) is 26.3 Å². The molecule has 0 aliphatic rings. The first-order chi connectivity index (χ1) is 29.1. The molecular formula is C50H30O2. The fourth-order valence-electron chi connectivity index (χ4n) is 7.80. The lowest BCUT2D eigenvalue weighted by Gasteiger charge is -2.18. The van der Waals surface area contributed by atoms with E-state index in [0.717, 1.165) is 38.4 Å². The van der Waals surface area contributed by atoms with E-state index in [1.807, 2.05) is 103 Å². The Morgan fingerprint density at radius 1 is 0.346 bits per heavy atom. The zero-order valence-electron chi connectivity index (χ0n) is 35.5. The first kappa shape index (κ1) is 22.0. The van der Waals surface area contributed by atoms with Gasteiger partial charge in [-0.3, -0.25) is 0 Å². The summed E-state index contributed by atoms with van der Waals surface area (Å²) in [5.74, 6) is 0. The molecule has 2 nitrogen and oxygen atoms in total. The van der Waals surface area contributed by atoms with Gasteiger partial charge in [-0.1, -0.05) is 151 Å². The maximum Gasteiger partial charge on any atom is 0.143 e. The summed E-state index contributed by atoms with van der Waals surface area (Å²) in [5, 5.41) is 3.65. The molecular weight excluding hydrogens is 633 g/mol. The third-order valence-corrected chi connectivity index (χ3v) is 10.1. The second-order valence-corrected chi connectivity index (χ2v) is 13.0. The molecule has 0 saturated heterocycles. The van der Waals surface area contributed by atoms with E-state index < -0.39 is 24.2 Å².